The molecule has 0 aromatic heterocycles. The highest BCUT2D eigenvalue weighted by Crippen LogP contribution is 2.12. The molecule has 1 fully saturated rings. The lowest BCUT2D eigenvalue weighted by atomic mass is 10.1. The molecule has 1 heterocycles. The Balaban J connectivity index is 2.31. The molecule has 0 aromatic rings. The van der Waals surface area contributed by atoms with Gasteiger partial charge in [-0.2, -0.15) is 0 Å². The minimum atomic E-state index is -0.377. The number of carbonyl (C=O) groups is 1. The van der Waals surface area contributed by atoms with Crippen LogP contribution in [-0.4, -0.2) is 19.1 Å². The van der Waals surface area contributed by atoms with Gasteiger partial charge in [-0.25, -0.2) is 0 Å². The molecule has 1 rings (SSSR count). The molecular formula is C6H10FNO. The number of alkyl halides is 1. The summed E-state index contributed by atoms with van der Waals surface area (Å²) in [6.07, 6.45) is 1.20. The molecule has 1 N–H and O–H groups in total. The Morgan fingerprint density at radius 2 is 2.56 bits per heavy atom. The number of hydrogen-bond donors (Lipinski definition) is 1. The molecule has 0 aromatic carbocycles. The molecule has 3 heteroatoms. The summed E-state index contributed by atoms with van der Waals surface area (Å²) in [5.74, 6) is -0.0253. The molecule has 1 saturated heterocycles. The lowest BCUT2D eigenvalue weighted by molar-refractivity contribution is -0.122. The summed E-state index contributed by atoms with van der Waals surface area (Å²) in [7, 11) is 0. The van der Waals surface area contributed by atoms with E-state index in [2.05, 4.69) is 5.32 Å². The average molecular weight is 131 g/mol. The second-order valence-corrected chi connectivity index (χ2v) is 2.25. The van der Waals surface area contributed by atoms with Crippen LogP contribution in [0.25, 0.3) is 0 Å². The normalized spacial score (nSPS) is 26.3. The molecule has 0 saturated carbocycles. The first kappa shape index (κ1) is 6.52. The maximum absolute atomic E-state index is 11.6. The van der Waals surface area contributed by atoms with Crippen molar-refractivity contribution < 1.29 is 9.18 Å². The third kappa shape index (κ3) is 1.40. The van der Waals surface area contributed by atoms with Crippen LogP contribution in [0.15, 0.2) is 0 Å². The van der Waals surface area contributed by atoms with E-state index in [0.717, 1.165) is 13.0 Å². The summed E-state index contributed by atoms with van der Waals surface area (Å²) in [5.41, 5.74) is 0. The number of carbonyl (C=O) groups excluding carboxylic acids is 1. The van der Waals surface area contributed by atoms with Gasteiger partial charge < -0.3 is 5.32 Å². The van der Waals surface area contributed by atoms with Gasteiger partial charge in [-0.05, 0) is 12.8 Å². The van der Waals surface area contributed by atoms with Crippen molar-refractivity contribution in [2.45, 2.75) is 12.8 Å². The zero-order valence-corrected chi connectivity index (χ0v) is 5.19. The highest BCUT2D eigenvalue weighted by atomic mass is 19.1. The lowest BCUT2D eigenvalue weighted by Crippen LogP contribution is -2.19. The van der Waals surface area contributed by atoms with Gasteiger partial charge in [0, 0.05) is 12.5 Å². The number of amides is 1. The lowest BCUT2D eigenvalue weighted by Gasteiger charge is -1.99. The fourth-order valence-electron chi connectivity index (χ4n) is 1.05. The van der Waals surface area contributed by atoms with Crippen LogP contribution in [0.1, 0.15) is 12.8 Å². The van der Waals surface area contributed by atoms with Gasteiger partial charge in [0.25, 0.3) is 0 Å². The molecule has 52 valence electrons. The number of rotatable bonds is 2. The van der Waals surface area contributed by atoms with Crippen molar-refractivity contribution >= 4 is 5.91 Å². The Morgan fingerprint density at radius 3 is 3.00 bits per heavy atom. The zero-order valence-electron chi connectivity index (χ0n) is 5.19. The molecule has 0 aliphatic carbocycles. The van der Waals surface area contributed by atoms with Gasteiger partial charge in [0.05, 0.1) is 6.67 Å². The smallest absolute Gasteiger partial charge is 0.223 e. The van der Waals surface area contributed by atoms with Crippen LogP contribution in [0.3, 0.4) is 0 Å². The van der Waals surface area contributed by atoms with Crippen molar-refractivity contribution in [2.24, 2.45) is 5.92 Å². The van der Waals surface area contributed by atoms with E-state index in [1.165, 1.54) is 0 Å². The van der Waals surface area contributed by atoms with Crippen LogP contribution >= 0.6 is 0 Å². The van der Waals surface area contributed by atoms with Crippen LogP contribution in [0.2, 0.25) is 0 Å². The fourth-order valence-corrected chi connectivity index (χ4v) is 1.05. The Morgan fingerprint density at radius 1 is 1.78 bits per heavy atom. The standard InChI is InChI=1S/C6H10FNO/c7-3-1-5-2-4-8-6(5)9/h5H,1-4H2,(H,8,9). The molecular weight excluding hydrogens is 121 g/mol. The van der Waals surface area contributed by atoms with Crippen LogP contribution in [0.5, 0.6) is 0 Å². The van der Waals surface area contributed by atoms with Gasteiger partial charge >= 0.3 is 0 Å². The Kier molecular flexibility index (Phi) is 2.03. The maximum atomic E-state index is 11.6. The van der Waals surface area contributed by atoms with E-state index in [0.29, 0.717) is 6.42 Å². The highest BCUT2D eigenvalue weighted by molar-refractivity contribution is 5.80. The molecule has 1 atom stereocenters. The van der Waals surface area contributed by atoms with E-state index >= 15 is 0 Å². The first-order chi connectivity index (χ1) is 4.34. The van der Waals surface area contributed by atoms with Gasteiger partial charge in [-0.3, -0.25) is 9.18 Å². The van der Waals surface area contributed by atoms with E-state index < -0.39 is 0 Å². The van der Waals surface area contributed by atoms with Gasteiger partial charge in [0.1, 0.15) is 0 Å². The Hall–Kier alpha value is -0.600. The Bertz CT molecular complexity index is 116. The maximum Gasteiger partial charge on any atom is 0.223 e. The molecule has 0 spiro atoms. The summed E-state index contributed by atoms with van der Waals surface area (Å²) in [5, 5.41) is 2.65. The topological polar surface area (TPSA) is 29.1 Å². The molecule has 2 nitrogen and oxygen atoms in total. The average Bonchev–Trinajstić information content (AvgIpc) is 2.18. The van der Waals surface area contributed by atoms with E-state index in [1.807, 2.05) is 0 Å². The van der Waals surface area contributed by atoms with Crippen LogP contribution in [-0.2, 0) is 4.79 Å². The van der Waals surface area contributed by atoms with Gasteiger partial charge in [-0.15, -0.1) is 0 Å². The zero-order chi connectivity index (χ0) is 6.69. The van der Waals surface area contributed by atoms with Crippen molar-refractivity contribution in [2.75, 3.05) is 13.2 Å². The van der Waals surface area contributed by atoms with E-state index in [-0.39, 0.29) is 18.5 Å². The summed E-state index contributed by atoms with van der Waals surface area (Å²) < 4.78 is 11.6. The van der Waals surface area contributed by atoms with Crippen molar-refractivity contribution in [3.05, 3.63) is 0 Å². The van der Waals surface area contributed by atoms with Crippen molar-refractivity contribution in [1.29, 1.82) is 0 Å². The summed E-state index contributed by atoms with van der Waals surface area (Å²) >= 11 is 0. The predicted octanol–water partition coefficient (Wildman–Crippen LogP) is 0.482. The highest BCUT2D eigenvalue weighted by Gasteiger charge is 2.22. The minimum Gasteiger partial charge on any atom is -0.356 e. The van der Waals surface area contributed by atoms with E-state index in [1.54, 1.807) is 0 Å². The van der Waals surface area contributed by atoms with Crippen LogP contribution < -0.4 is 5.32 Å². The van der Waals surface area contributed by atoms with Crippen LogP contribution in [0.4, 0.5) is 4.39 Å². The van der Waals surface area contributed by atoms with Crippen molar-refractivity contribution in [3.8, 4) is 0 Å². The Labute approximate surface area is 53.4 Å². The van der Waals surface area contributed by atoms with E-state index in [9.17, 15) is 9.18 Å². The largest absolute Gasteiger partial charge is 0.356 e. The molecule has 1 aliphatic rings. The quantitative estimate of drug-likeness (QED) is 0.580. The molecule has 0 bridgehead atoms. The third-order valence-corrected chi connectivity index (χ3v) is 1.62. The molecule has 1 unspecified atom stereocenters. The summed E-state index contributed by atoms with van der Waals surface area (Å²) in [4.78, 5) is 10.7. The number of hydrogen-bond acceptors (Lipinski definition) is 1. The number of nitrogens with one attached hydrogen (secondary N) is 1. The first-order valence-corrected chi connectivity index (χ1v) is 3.18. The van der Waals surface area contributed by atoms with E-state index in [4.69, 9.17) is 0 Å². The SMILES string of the molecule is O=C1NCCC1CCF. The van der Waals surface area contributed by atoms with Gasteiger partial charge in [0.15, 0.2) is 0 Å². The molecule has 1 aliphatic heterocycles. The predicted molar refractivity (Wildman–Crippen MR) is 31.7 cm³/mol. The second-order valence-electron chi connectivity index (χ2n) is 2.25. The second kappa shape index (κ2) is 2.80. The van der Waals surface area contributed by atoms with Crippen molar-refractivity contribution in [1.82, 2.24) is 5.32 Å². The summed E-state index contributed by atoms with van der Waals surface area (Å²) in [6, 6.07) is 0. The monoisotopic (exact) mass is 131 g/mol. The van der Waals surface area contributed by atoms with Crippen LogP contribution in [0, 0.1) is 5.92 Å². The molecule has 1 amide bonds. The third-order valence-electron chi connectivity index (χ3n) is 1.62. The summed E-state index contributed by atoms with van der Waals surface area (Å²) in [6.45, 7) is 0.349. The fraction of sp³-hybridized carbons (Fsp3) is 0.833. The minimum absolute atomic E-state index is 0.0210. The first-order valence-electron chi connectivity index (χ1n) is 3.18. The number of halogens is 1. The van der Waals surface area contributed by atoms with Gasteiger partial charge in [0.2, 0.25) is 5.91 Å². The van der Waals surface area contributed by atoms with Crippen molar-refractivity contribution in [3.63, 3.8) is 0 Å². The molecule has 9 heavy (non-hydrogen) atoms. The van der Waals surface area contributed by atoms with Gasteiger partial charge in [-0.1, -0.05) is 0 Å². The molecule has 0 radical (unpaired) electrons.